The van der Waals surface area contributed by atoms with Crippen molar-refractivity contribution in [2.45, 2.75) is 18.4 Å². The largest absolute Gasteiger partial charge is 0.380 e. The summed E-state index contributed by atoms with van der Waals surface area (Å²) in [6.45, 7) is 1.77. The lowest BCUT2D eigenvalue weighted by atomic mass is 10.1. The van der Waals surface area contributed by atoms with Gasteiger partial charge in [-0.2, -0.15) is 0 Å². The molecule has 29 heavy (non-hydrogen) atoms. The number of amides is 1. The predicted molar refractivity (Wildman–Crippen MR) is 113 cm³/mol. The molecule has 6 nitrogen and oxygen atoms in total. The number of thiophene rings is 1. The molecule has 0 bridgehead atoms. The number of ether oxygens (including phenoxy) is 1. The minimum absolute atomic E-state index is 0.0812. The molecular weight excluding hydrogens is 415 g/mol. The number of carbonyl (C=O) groups is 1. The van der Waals surface area contributed by atoms with Gasteiger partial charge in [-0.15, -0.1) is 11.3 Å². The number of nitrogens with one attached hydrogen (secondary N) is 1. The molecule has 0 fully saturated rings. The van der Waals surface area contributed by atoms with Gasteiger partial charge >= 0.3 is 0 Å². The van der Waals surface area contributed by atoms with Crippen LogP contribution in [0.25, 0.3) is 10.1 Å². The summed E-state index contributed by atoms with van der Waals surface area (Å²) in [7, 11) is 0.713. The standard InChI is InChI=1S/C20H21FN2O4S2/c1-12-8-9-13(10-17(12)29(25,26)23(2)3)22-20(24)19-14(11-27-4)18-15(21)6-5-7-16(18)28-19/h5-10H,11H2,1-4H3,(H,22,24). The van der Waals surface area contributed by atoms with E-state index >= 15 is 0 Å². The Morgan fingerprint density at radius 1 is 1.24 bits per heavy atom. The highest BCUT2D eigenvalue weighted by atomic mass is 32.2. The zero-order valence-electron chi connectivity index (χ0n) is 16.4. The molecule has 0 radical (unpaired) electrons. The number of carbonyl (C=O) groups excluding carboxylic acids is 1. The van der Waals surface area contributed by atoms with Crippen molar-refractivity contribution < 1.29 is 22.3 Å². The van der Waals surface area contributed by atoms with E-state index in [4.69, 9.17) is 4.74 Å². The van der Waals surface area contributed by atoms with Crippen molar-refractivity contribution in [2.24, 2.45) is 0 Å². The van der Waals surface area contributed by atoms with Crippen molar-refractivity contribution in [1.29, 1.82) is 0 Å². The third kappa shape index (κ3) is 4.04. The van der Waals surface area contributed by atoms with Crippen LogP contribution in [0.4, 0.5) is 10.1 Å². The van der Waals surface area contributed by atoms with Crippen LogP contribution in [0.5, 0.6) is 0 Å². The molecule has 9 heteroatoms. The number of sulfonamides is 1. The van der Waals surface area contributed by atoms with Crippen LogP contribution in [-0.4, -0.2) is 39.8 Å². The Kier molecular flexibility index (Phi) is 6.04. The van der Waals surface area contributed by atoms with Gasteiger partial charge in [0.15, 0.2) is 0 Å². The fourth-order valence-corrected chi connectivity index (χ4v) is 5.23. The fourth-order valence-electron chi connectivity index (χ4n) is 2.97. The Labute approximate surface area is 173 Å². The van der Waals surface area contributed by atoms with Crippen molar-refractivity contribution in [3.05, 3.63) is 58.2 Å². The van der Waals surface area contributed by atoms with E-state index in [1.54, 1.807) is 31.2 Å². The smallest absolute Gasteiger partial charge is 0.266 e. The Morgan fingerprint density at radius 3 is 2.62 bits per heavy atom. The maximum Gasteiger partial charge on any atom is 0.266 e. The summed E-state index contributed by atoms with van der Waals surface area (Å²) < 4.78 is 46.3. The van der Waals surface area contributed by atoms with Crippen molar-refractivity contribution in [3.63, 3.8) is 0 Å². The number of methoxy groups -OCH3 is 1. The van der Waals surface area contributed by atoms with Crippen molar-refractivity contribution in [3.8, 4) is 0 Å². The van der Waals surface area contributed by atoms with Crippen LogP contribution in [0.3, 0.4) is 0 Å². The first-order valence-electron chi connectivity index (χ1n) is 8.70. The summed E-state index contributed by atoms with van der Waals surface area (Å²) in [5, 5.41) is 3.09. The number of aryl methyl sites for hydroxylation is 1. The SMILES string of the molecule is COCc1c(C(=O)Nc2ccc(C)c(S(=O)(=O)N(C)C)c2)sc2cccc(F)c12. The van der Waals surface area contributed by atoms with Gasteiger partial charge in [0.25, 0.3) is 5.91 Å². The van der Waals surface area contributed by atoms with Gasteiger partial charge in [-0.25, -0.2) is 17.1 Å². The molecule has 0 spiro atoms. The molecule has 3 rings (SSSR count). The van der Waals surface area contributed by atoms with Crippen LogP contribution in [0, 0.1) is 12.7 Å². The van der Waals surface area contributed by atoms with Gasteiger partial charge < -0.3 is 10.1 Å². The Morgan fingerprint density at radius 2 is 1.97 bits per heavy atom. The molecule has 0 aliphatic rings. The van der Waals surface area contributed by atoms with E-state index < -0.39 is 21.7 Å². The summed E-state index contributed by atoms with van der Waals surface area (Å²) in [6, 6.07) is 9.36. The minimum Gasteiger partial charge on any atom is -0.380 e. The number of fused-ring (bicyclic) bond motifs is 1. The van der Waals surface area contributed by atoms with Gasteiger partial charge in [-0.05, 0) is 36.8 Å². The van der Waals surface area contributed by atoms with E-state index in [0.717, 1.165) is 15.6 Å². The third-order valence-electron chi connectivity index (χ3n) is 4.46. The molecular formula is C20H21FN2O4S2. The summed E-state index contributed by atoms with van der Waals surface area (Å²) in [4.78, 5) is 13.4. The maximum absolute atomic E-state index is 14.3. The van der Waals surface area contributed by atoms with E-state index in [9.17, 15) is 17.6 Å². The third-order valence-corrected chi connectivity index (χ3v) is 7.62. The fraction of sp³-hybridized carbons (Fsp3) is 0.250. The number of nitrogens with zero attached hydrogens (tertiary/aromatic N) is 1. The first kappa shape index (κ1) is 21.4. The summed E-state index contributed by atoms with van der Waals surface area (Å²) in [5.41, 5.74) is 1.37. The van der Waals surface area contributed by atoms with Gasteiger partial charge in [0.1, 0.15) is 5.82 Å². The Hall–Kier alpha value is -2.33. The van der Waals surface area contributed by atoms with Crippen LogP contribution in [-0.2, 0) is 21.4 Å². The topological polar surface area (TPSA) is 75.7 Å². The molecule has 1 heterocycles. The second kappa shape index (κ2) is 8.19. The lowest BCUT2D eigenvalue weighted by molar-refractivity contribution is 0.102. The average molecular weight is 437 g/mol. The van der Waals surface area contributed by atoms with E-state index in [2.05, 4.69) is 5.32 Å². The summed E-state index contributed by atoms with van der Waals surface area (Å²) in [6.07, 6.45) is 0. The van der Waals surface area contributed by atoms with Gasteiger partial charge in [-0.1, -0.05) is 12.1 Å². The first-order valence-corrected chi connectivity index (χ1v) is 11.0. The molecule has 0 aliphatic heterocycles. The van der Waals surface area contributed by atoms with Crippen LogP contribution >= 0.6 is 11.3 Å². The van der Waals surface area contributed by atoms with E-state index in [1.165, 1.54) is 33.3 Å². The molecule has 154 valence electrons. The van der Waals surface area contributed by atoms with Gasteiger partial charge in [-0.3, -0.25) is 4.79 Å². The normalized spacial score (nSPS) is 11.9. The molecule has 0 aliphatic carbocycles. The van der Waals surface area contributed by atoms with Crippen molar-refractivity contribution in [1.82, 2.24) is 4.31 Å². The predicted octanol–water partition coefficient (Wildman–Crippen LogP) is 4.00. The molecule has 2 aromatic carbocycles. The number of anilines is 1. The number of halogens is 1. The molecule has 1 N–H and O–H groups in total. The Bertz CT molecular complexity index is 1190. The molecule has 0 unspecified atom stereocenters. The van der Waals surface area contributed by atoms with E-state index in [-0.39, 0.29) is 11.5 Å². The molecule has 3 aromatic rings. The van der Waals surface area contributed by atoms with Crippen LogP contribution in [0.1, 0.15) is 20.8 Å². The number of hydrogen-bond acceptors (Lipinski definition) is 5. The first-order chi connectivity index (χ1) is 13.7. The number of benzene rings is 2. The van der Waals surface area contributed by atoms with Crippen molar-refractivity contribution >= 4 is 43.0 Å². The second-order valence-corrected chi connectivity index (χ2v) is 9.85. The summed E-state index contributed by atoms with van der Waals surface area (Å²) in [5.74, 6) is -0.866. The zero-order valence-corrected chi connectivity index (χ0v) is 18.1. The quantitative estimate of drug-likeness (QED) is 0.634. The van der Waals surface area contributed by atoms with Gasteiger partial charge in [0, 0.05) is 42.5 Å². The molecule has 1 amide bonds. The van der Waals surface area contributed by atoms with E-state index in [1.807, 2.05) is 0 Å². The molecule has 0 saturated heterocycles. The maximum atomic E-state index is 14.3. The second-order valence-electron chi connectivity index (χ2n) is 6.68. The number of rotatable bonds is 6. The van der Waals surface area contributed by atoms with Crippen LogP contribution < -0.4 is 5.32 Å². The summed E-state index contributed by atoms with van der Waals surface area (Å²) >= 11 is 1.16. The van der Waals surface area contributed by atoms with Crippen LogP contribution in [0.2, 0.25) is 0 Å². The highest BCUT2D eigenvalue weighted by Gasteiger charge is 2.23. The molecule has 1 aromatic heterocycles. The lowest BCUT2D eigenvalue weighted by Crippen LogP contribution is -2.23. The monoisotopic (exact) mass is 436 g/mol. The minimum atomic E-state index is -3.66. The van der Waals surface area contributed by atoms with Gasteiger partial charge in [0.05, 0.1) is 16.4 Å². The average Bonchev–Trinajstić information content (AvgIpc) is 3.03. The van der Waals surface area contributed by atoms with Gasteiger partial charge in [0.2, 0.25) is 10.0 Å². The van der Waals surface area contributed by atoms with Crippen molar-refractivity contribution in [2.75, 3.05) is 26.5 Å². The van der Waals surface area contributed by atoms with Crippen LogP contribution in [0.15, 0.2) is 41.3 Å². The lowest BCUT2D eigenvalue weighted by Gasteiger charge is -2.15. The van der Waals surface area contributed by atoms with E-state index in [0.29, 0.717) is 31.8 Å². The Balaban J connectivity index is 2.02. The highest BCUT2D eigenvalue weighted by molar-refractivity contribution is 7.89. The highest BCUT2D eigenvalue weighted by Crippen LogP contribution is 2.34. The number of hydrogen-bond donors (Lipinski definition) is 1. The zero-order chi connectivity index (χ0) is 21.3. The molecule has 0 atom stereocenters. The molecule has 0 saturated carbocycles.